The number of esters is 1. The summed E-state index contributed by atoms with van der Waals surface area (Å²) in [5, 5.41) is 10.6. The average molecular weight is 226 g/mol. The summed E-state index contributed by atoms with van der Waals surface area (Å²) in [5.41, 5.74) is -1.12. The van der Waals surface area contributed by atoms with Crippen molar-refractivity contribution in [1.29, 1.82) is 0 Å². The number of ether oxygens (including phenoxy) is 2. The molecule has 3 fully saturated rings. The molecule has 2 aliphatic heterocycles. The Kier molecular flexibility index (Phi) is 1.84. The van der Waals surface area contributed by atoms with Gasteiger partial charge in [0.2, 0.25) is 0 Å². The van der Waals surface area contributed by atoms with Crippen LogP contribution >= 0.6 is 0 Å². The Morgan fingerprint density at radius 2 is 2.38 bits per heavy atom. The molecule has 0 amide bonds. The smallest absolute Gasteiger partial charge is 0.317 e. The fourth-order valence-electron chi connectivity index (χ4n) is 4.10. The van der Waals surface area contributed by atoms with Crippen LogP contribution in [-0.4, -0.2) is 29.1 Å². The summed E-state index contributed by atoms with van der Waals surface area (Å²) in [4.78, 5) is 12.1. The third kappa shape index (κ3) is 0.955. The highest BCUT2D eigenvalue weighted by molar-refractivity contribution is 5.80. The van der Waals surface area contributed by atoms with Gasteiger partial charge in [0.1, 0.15) is 5.41 Å². The average Bonchev–Trinajstić information content (AvgIpc) is 2.59. The molecule has 0 aromatic rings. The lowest BCUT2D eigenvalue weighted by molar-refractivity contribution is -0.233. The van der Waals surface area contributed by atoms with E-state index < -0.39 is 11.2 Å². The fourth-order valence-corrected chi connectivity index (χ4v) is 4.10. The molecule has 2 saturated heterocycles. The molecule has 1 aliphatic carbocycles. The van der Waals surface area contributed by atoms with Crippen LogP contribution in [0.3, 0.4) is 0 Å². The Morgan fingerprint density at radius 3 is 3.00 bits per heavy atom. The van der Waals surface area contributed by atoms with Crippen molar-refractivity contribution in [1.82, 2.24) is 0 Å². The fraction of sp³-hybridized carbons (Fsp3) is 0.917. The summed E-state index contributed by atoms with van der Waals surface area (Å²) in [6, 6.07) is 0. The molecule has 0 spiro atoms. The van der Waals surface area contributed by atoms with Crippen molar-refractivity contribution in [3.05, 3.63) is 0 Å². The van der Waals surface area contributed by atoms with Gasteiger partial charge >= 0.3 is 5.97 Å². The van der Waals surface area contributed by atoms with Crippen LogP contribution in [0.1, 0.15) is 39.5 Å². The van der Waals surface area contributed by atoms with E-state index in [1.807, 2.05) is 6.92 Å². The normalized spacial score (nSPS) is 53.3. The Morgan fingerprint density at radius 1 is 1.62 bits per heavy atom. The van der Waals surface area contributed by atoms with Gasteiger partial charge in [0.25, 0.3) is 0 Å². The Balaban J connectivity index is 2.01. The number of carbonyl (C=O) groups is 1. The molecule has 1 saturated carbocycles. The number of carbonyl (C=O) groups excluding carboxylic acids is 1. The first-order valence-electron chi connectivity index (χ1n) is 6.06. The number of rotatable bonds is 2. The minimum Gasteiger partial charge on any atom is -0.465 e. The van der Waals surface area contributed by atoms with Crippen LogP contribution in [-0.2, 0) is 14.3 Å². The monoisotopic (exact) mass is 226 g/mol. The third-order valence-electron chi connectivity index (χ3n) is 4.58. The number of aliphatic hydroxyl groups is 1. The Hall–Kier alpha value is -0.610. The number of fused-ring (bicyclic) bond motifs is 1. The van der Waals surface area contributed by atoms with E-state index >= 15 is 0 Å². The maximum atomic E-state index is 12.1. The molecule has 0 aromatic heterocycles. The van der Waals surface area contributed by atoms with E-state index in [0.29, 0.717) is 19.4 Å². The molecule has 3 rings (SSSR count). The second-order valence-electron chi connectivity index (χ2n) is 5.67. The zero-order valence-electron chi connectivity index (χ0n) is 9.78. The van der Waals surface area contributed by atoms with Gasteiger partial charge in [-0.05, 0) is 39.5 Å². The molecular formula is C12H18O4. The largest absolute Gasteiger partial charge is 0.465 e. The Labute approximate surface area is 94.9 Å². The quantitative estimate of drug-likeness (QED) is 0.719. The van der Waals surface area contributed by atoms with Crippen molar-refractivity contribution >= 4 is 5.97 Å². The van der Waals surface area contributed by atoms with Crippen LogP contribution in [0, 0.1) is 11.3 Å². The maximum Gasteiger partial charge on any atom is 0.317 e. The molecular weight excluding hydrogens is 208 g/mol. The van der Waals surface area contributed by atoms with Gasteiger partial charge in [0, 0.05) is 5.92 Å². The molecule has 3 aliphatic rings. The van der Waals surface area contributed by atoms with Gasteiger partial charge in [-0.1, -0.05) is 0 Å². The zero-order valence-corrected chi connectivity index (χ0v) is 9.78. The van der Waals surface area contributed by atoms with E-state index in [-0.39, 0.29) is 17.5 Å². The van der Waals surface area contributed by atoms with Gasteiger partial charge in [-0.15, -0.1) is 0 Å². The predicted molar refractivity (Wildman–Crippen MR) is 55.5 cm³/mol. The standard InChI is InChI=1S/C12H18O4/c1-3-15-9(13)11-5-4-8-6-10(2,7-11)16-12(8,11)14/h8,14H,3-7H2,1-2H3/t8-,10-,11+,12+/m1/s1. The molecule has 1 N–H and O–H groups in total. The SMILES string of the molecule is CCOC(=O)[C@]12CC[C@@H]3C[C@](C)(C1)O[C@@]32O. The number of hydrogen-bond donors (Lipinski definition) is 1. The highest BCUT2D eigenvalue weighted by atomic mass is 16.7. The molecule has 16 heavy (non-hydrogen) atoms. The zero-order chi connectivity index (χ0) is 11.6. The summed E-state index contributed by atoms with van der Waals surface area (Å²) >= 11 is 0. The van der Waals surface area contributed by atoms with Crippen LogP contribution in [0.15, 0.2) is 0 Å². The highest BCUT2D eigenvalue weighted by Gasteiger charge is 2.78. The van der Waals surface area contributed by atoms with Crippen molar-refractivity contribution < 1.29 is 19.4 Å². The molecule has 0 radical (unpaired) electrons. The Bertz CT molecular complexity index is 355. The third-order valence-corrected chi connectivity index (χ3v) is 4.58. The van der Waals surface area contributed by atoms with Crippen LogP contribution in [0.25, 0.3) is 0 Å². The van der Waals surface area contributed by atoms with Gasteiger partial charge in [-0.3, -0.25) is 4.79 Å². The summed E-state index contributed by atoms with van der Waals surface area (Å²) in [6.45, 7) is 4.14. The van der Waals surface area contributed by atoms with Crippen molar-refractivity contribution in [2.24, 2.45) is 11.3 Å². The second kappa shape index (κ2) is 2.79. The first-order chi connectivity index (χ1) is 7.46. The lowest BCUT2D eigenvalue weighted by atomic mass is 9.69. The maximum absolute atomic E-state index is 12.1. The van der Waals surface area contributed by atoms with E-state index in [1.54, 1.807) is 6.92 Å². The van der Waals surface area contributed by atoms with Crippen molar-refractivity contribution in [3.63, 3.8) is 0 Å². The van der Waals surface area contributed by atoms with Gasteiger partial charge in [0.05, 0.1) is 12.2 Å². The van der Waals surface area contributed by atoms with Gasteiger partial charge < -0.3 is 14.6 Å². The minimum absolute atomic E-state index is 0.107. The molecule has 4 heteroatoms. The lowest BCUT2D eigenvalue weighted by Crippen LogP contribution is -2.50. The van der Waals surface area contributed by atoms with Crippen LogP contribution < -0.4 is 0 Å². The van der Waals surface area contributed by atoms with E-state index in [9.17, 15) is 9.90 Å². The van der Waals surface area contributed by atoms with E-state index in [2.05, 4.69) is 0 Å². The van der Waals surface area contributed by atoms with E-state index in [0.717, 1.165) is 12.8 Å². The lowest BCUT2D eigenvalue weighted by Gasteiger charge is -2.35. The summed E-state index contributed by atoms with van der Waals surface area (Å²) in [7, 11) is 0. The van der Waals surface area contributed by atoms with Crippen LogP contribution in [0.2, 0.25) is 0 Å². The van der Waals surface area contributed by atoms with Gasteiger partial charge in [-0.2, -0.15) is 0 Å². The first kappa shape index (κ1) is 10.5. The predicted octanol–water partition coefficient (Wildman–Crippen LogP) is 1.22. The van der Waals surface area contributed by atoms with Crippen LogP contribution in [0.4, 0.5) is 0 Å². The van der Waals surface area contributed by atoms with E-state index in [1.165, 1.54) is 0 Å². The van der Waals surface area contributed by atoms with Crippen LogP contribution in [0.5, 0.6) is 0 Å². The minimum atomic E-state index is -1.26. The number of hydrogen-bond acceptors (Lipinski definition) is 4. The second-order valence-corrected chi connectivity index (χ2v) is 5.67. The molecule has 0 unspecified atom stereocenters. The van der Waals surface area contributed by atoms with Crippen molar-refractivity contribution in [2.75, 3.05) is 6.61 Å². The molecule has 2 heterocycles. The molecule has 2 bridgehead atoms. The van der Waals surface area contributed by atoms with Gasteiger partial charge in [0.15, 0.2) is 5.79 Å². The molecule has 4 atom stereocenters. The molecule has 90 valence electrons. The van der Waals surface area contributed by atoms with Crippen molar-refractivity contribution in [2.45, 2.75) is 50.9 Å². The summed E-state index contributed by atoms with van der Waals surface area (Å²) < 4.78 is 10.9. The highest BCUT2D eigenvalue weighted by Crippen LogP contribution is 2.69. The van der Waals surface area contributed by atoms with E-state index in [4.69, 9.17) is 9.47 Å². The first-order valence-corrected chi connectivity index (χ1v) is 6.06. The molecule has 4 nitrogen and oxygen atoms in total. The van der Waals surface area contributed by atoms with Crippen molar-refractivity contribution in [3.8, 4) is 0 Å². The topological polar surface area (TPSA) is 55.8 Å². The van der Waals surface area contributed by atoms with Gasteiger partial charge in [-0.25, -0.2) is 0 Å². The summed E-state index contributed by atoms with van der Waals surface area (Å²) in [5.74, 6) is -1.42. The molecule has 0 aromatic carbocycles. The summed E-state index contributed by atoms with van der Waals surface area (Å²) in [6.07, 6.45) is 3.03.